The third-order valence-corrected chi connectivity index (χ3v) is 7.45. The van der Waals surface area contributed by atoms with E-state index in [1.165, 1.54) is 0 Å². The number of rotatable bonds is 8. The van der Waals surface area contributed by atoms with Crippen LogP contribution < -0.4 is 16.1 Å². The van der Waals surface area contributed by atoms with Gasteiger partial charge in [-0.15, -0.1) is 0 Å². The van der Waals surface area contributed by atoms with Gasteiger partial charge in [0.1, 0.15) is 17.6 Å². The minimum Gasteiger partial charge on any atom is -0.493 e. The van der Waals surface area contributed by atoms with Crippen LogP contribution in [-0.2, 0) is 11.2 Å². The van der Waals surface area contributed by atoms with Crippen molar-refractivity contribution in [3.05, 3.63) is 87.8 Å². The molecule has 1 aromatic heterocycles. The molecule has 1 saturated heterocycles. The molecule has 192 valence electrons. The molecule has 1 amide bonds. The van der Waals surface area contributed by atoms with Crippen molar-refractivity contribution in [2.75, 3.05) is 19.7 Å². The van der Waals surface area contributed by atoms with Gasteiger partial charge in [0.25, 0.3) is 0 Å². The fourth-order valence-electron chi connectivity index (χ4n) is 5.27. The lowest BCUT2D eigenvalue weighted by atomic mass is 9.95. The standard InChI is InChI=1S/C30H32N2O5/c1-19-24-11-10-23(36-15-5-13-32-14-12-22(29(31)34)17-28(32)33)18-27(24)37-30(35)26(19)16-21-8-4-7-20-6-2-3-9-25(20)21/h2-4,6-11,18,22,28,33H,5,12-17H2,1H3,(H2,31,34). The number of ether oxygens (including phenoxy) is 1. The monoisotopic (exact) mass is 500 g/mol. The lowest BCUT2D eigenvalue weighted by Crippen LogP contribution is -2.46. The Morgan fingerprint density at radius 2 is 1.95 bits per heavy atom. The first-order valence-corrected chi connectivity index (χ1v) is 12.8. The smallest absolute Gasteiger partial charge is 0.340 e. The summed E-state index contributed by atoms with van der Waals surface area (Å²) in [6.07, 6.45) is 1.60. The van der Waals surface area contributed by atoms with Crippen molar-refractivity contribution < 1.29 is 19.1 Å². The summed E-state index contributed by atoms with van der Waals surface area (Å²) in [5.41, 5.74) is 8.21. The van der Waals surface area contributed by atoms with Gasteiger partial charge >= 0.3 is 5.63 Å². The van der Waals surface area contributed by atoms with E-state index in [1.807, 2.05) is 42.2 Å². The summed E-state index contributed by atoms with van der Waals surface area (Å²) in [6, 6.07) is 19.9. The molecule has 7 nitrogen and oxygen atoms in total. The van der Waals surface area contributed by atoms with E-state index in [0.29, 0.717) is 62.3 Å². The Balaban J connectivity index is 1.25. The number of nitrogens with two attached hydrogens (primary N) is 1. The van der Waals surface area contributed by atoms with E-state index in [0.717, 1.165) is 27.3 Å². The molecule has 5 rings (SSSR count). The molecule has 1 aliphatic heterocycles. The van der Waals surface area contributed by atoms with E-state index in [4.69, 9.17) is 14.9 Å². The minimum atomic E-state index is -0.660. The van der Waals surface area contributed by atoms with Crippen LogP contribution in [0.3, 0.4) is 0 Å². The van der Waals surface area contributed by atoms with Crippen LogP contribution in [-0.4, -0.2) is 41.8 Å². The van der Waals surface area contributed by atoms with Crippen LogP contribution in [0.2, 0.25) is 0 Å². The fourth-order valence-corrected chi connectivity index (χ4v) is 5.27. The van der Waals surface area contributed by atoms with Crippen LogP contribution in [0.1, 0.15) is 36.0 Å². The number of aryl methyl sites for hydroxylation is 1. The predicted molar refractivity (Wildman–Crippen MR) is 144 cm³/mol. The van der Waals surface area contributed by atoms with E-state index < -0.39 is 6.23 Å². The van der Waals surface area contributed by atoms with E-state index in [-0.39, 0.29) is 17.5 Å². The van der Waals surface area contributed by atoms with Crippen LogP contribution in [0.15, 0.2) is 69.9 Å². The third-order valence-electron chi connectivity index (χ3n) is 7.45. The number of fused-ring (bicyclic) bond motifs is 2. The van der Waals surface area contributed by atoms with Crippen LogP contribution >= 0.6 is 0 Å². The molecule has 2 atom stereocenters. The summed E-state index contributed by atoms with van der Waals surface area (Å²) in [6.45, 7) is 3.71. The van der Waals surface area contributed by atoms with Gasteiger partial charge in [0.05, 0.1) is 6.61 Å². The van der Waals surface area contributed by atoms with Crippen molar-refractivity contribution in [2.24, 2.45) is 11.7 Å². The second-order valence-corrected chi connectivity index (χ2v) is 9.81. The highest BCUT2D eigenvalue weighted by Gasteiger charge is 2.29. The predicted octanol–water partition coefficient (Wildman–Crippen LogP) is 4.13. The van der Waals surface area contributed by atoms with Gasteiger partial charge in [-0.2, -0.15) is 0 Å². The maximum absolute atomic E-state index is 13.0. The molecule has 3 aromatic carbocycles. The summed E-state index contributed by atoms with van der Waals surface area (Å²) >= 11 is 0. The summed E-state index contributed by atoms with van der Waals surface area (Å²) < 4.78 is 11.6. The fraction of sp³-hybridized carbons (Fsp3) is 0.333. The molecule has 0 saturated carbocycles. The zero-order valence-corrected chi connectivity index (χ0v) is 21.0. The maximum Gasteiger partial charge on any atom is 0.340 e. The Morgan fingerprint density at radius 1 is 1.14 bits per heavy atom. The van der Waals surface area contributed by atoms with E-state index >= 15 is 0 Å². The Kier molecular flexibility index (Phi) is 7.26. The van der Waals surface area contributed by atoms with Gasteiger partial charge in [0, 0.05) is 42.4 Å². The number of aliphatic hydroxyl groups is 1. The number of hydrogen-bond donors (Lipinski definition) is 2. The van der Waals surface area contributed by atoms with Crippen molar-refractivity contribution >= 4 is 27.6 Å². The van der Waals surface area contributed by atoms with E-state index in [9.17, 15) is 14.7 Å². The summed E-state index contributed by atoms with van der Waals surface area (Å²) in [4.78, 5) is 26.3. The average molecular weight is 501 g/mol. The molecule has 3 N–H and O–H groups in total. The highest BCUT2D eigenvalue weighted by Crippen LogP contribution is 2.27. The first kappa shape index (κ1) is 25.0. The minimum absolute atomic E-state index is 0.259. The first-order valence-electron chi connectivity index (χ1n) is 12.8. The number of benzene rings is 3. The summed E-state index contributed by atoms with van der Waals surface area (Å²) in [5, 5.41) is 13.5. The Bertz CT molecular complexity index is 1490. The number of amides is 1. The molecule has 0 spiro atoms. The van der Waals surface area contributed by atoms with Gasteiger partial charge in [-0.05, 0) is 60.2 Å². The molecule has 0 bridgehead atoms. The third kappa shape index (κ3) is 5.38. The lowest BCUT2D eigenvalue weighted by molar-refractivity contribution is -0.127. The zero-order valence-electron chi connectivity index (χ0n) is 21.0. The molecule has 2 heterocycles. The van der Waals surface area contributed by atoms with E-state index in [1.54, 1.807) is 6.07 Å². The molecular formula is C30H32N2O5. The summed E-state index contributed by atoms with van der Waals surface area (Å²) in [7, 11) is 0. The normalized spacial score (nSPS) is 18.3. The number of carbonyl (C=O) groups is 1. The van der Waals surface area contributed by atoms with Crippen LogP contribution in [0.5, 0.6) is 5.75 Å². The van der Waals surface area contributed by atoms with Gasteiger partial charge in [-0.25, -0.2) is 4.79 Å². The van der Waals surface area contributed by atoms with Crippen LogP contribution in [0.25, 0.3) is 21.7 Å². The molecule has 2 unspecified atom stereocenters. The second-order valence-electron chi connectivity index (χ2n) is 9.81. The van der Waals surface area contributed by atoms with Crippen LogP contribution in [0, 0.1) is 12.8 Å². The first-order chi connectivity index (χ1) is 17.9. The maximum atomic E-state index is 13.0. The van der Waals surface area contributed by atoms with Gasteiger partial charge < -0.3 is 20.0 Å². The van der Waals surface area contributed by atoms with Crippen molar-refractivity contribution in [2.45, 2.75) is 38.8 Å². The highest BCUT2D eigenvalue weighted by molar-refractivity contribution is 5.87. The Hall–Kier alpha value is -3.68. The van der Waals surface area contributed by atoms with Gasteiger partial charge in [0.2, 0.25) is 5.91 Å². The van der Waals surface area contributed by atoms with Crippen molar-refractivity contribution in [3.63, 3.8) is 0 Å². The number of piperidine rings is 1. The number of hydrogen-bond acceptors (Lipinski definition) is 6. The van der Waals surface area contributed by atoms with Gasteiger partial charge in [-0.3, -0.25) is 9.69 Å². The Morgan fingerprint density at radius 3 is 2.76 bits per heavy atom. The molecular weight excluding hydrogens is 468 g/mol. The molecule has 4 aromatic rings. The zero-order chi connectivity index (χ0) is 25.9. The number of aliphatic hydroxyl groups excluding tert-OH is 1. The lowest BCUT2D eigenvalue weighted by Gasteiger charge is -2.35. The van der Waals surface area contributed by atoms with E-state index in [2.05, 4.69) is 24.3 Å². The molecule has 1 fully saturated rings. The molecule has 7 heteroatoms. The average Bonchev–Trinajstić information content (AvgIpc) is 2.89. The van der Waals surface area contributed by atoms with Crippen molar-refractivity contribution in [3.8, 4) is 5.75 Å². The number of nitrogens with zero attached hydrogens (tertiary/aromatic N) is 1. The summed E-state index contributed by atoms with van der Waals surface area (Å²) in [5.74, 6) is 0.0245. The highest BCUT2D eigenvalue weighted by atomic mass is 16.5. The number of primary amides is 1. The van der Waals surface area contributed by atoms with Crippen molar-refractivity contribution in [1.29, 1.82) is 0 Å². The molecule has 37 heavy (non-hydrogen) atoms. The molecule has 0 radical (unpaired) electrons. The second kappa shape index (κ2) is 10.7. The number of carbonyl (C=O) groups excluding carboxylic acids is 1. The van der Waals surface area contributed by atoms with Gasteiger partial charge in [-0.1, -0.05) is 42.5 Å². The topological polar surface area (TPSA) is 106 Å². The molecule has 1 aliphatic rings. The Labute approximate surface area is 215 Å². The van der Waals surface area contributed by atoms with Gasteiger partial charge in [0.15, 0.2) is 0 Å². The largest absolute Gasteiger partial charge is 0.493 e. The van der Waals surface area contributed by atoms with Crippen molar-refractivity contribution in [1.82, 2.24) is 4.90 Å². The SMILES string of the molecule is Cc1c(Cc2cccc3ccccc23)c(=O)oc2cc(OCCCN3CCC(C(N)=O)CC3O)ccc12. The molecule has 0 aliphatic carbocycles. The quantitative estimate of drug-likeness (QED) is 0.278. The number of likely N-dealkylation sites (tertiary alicyclic amines) is 1. The van der Waals surface area contributed by atoms with Crippen LogP contribution in [0.4, 0.5) is 0 Å².